The van der Waals surface area contributed by atoms with Crippen molar-refractivity contribution in [1.82, 2.24) is 0 Å². The molecule has 0 aliphatic heterocycles. The van der Waals surface area contributed by atoms with Crippen molar-refractivity contribution in [3.63, 3.8) is 0 Å². The van der Waals surface area contributed by atoms with Gasteiger partial charge in [-0.25, -0.2) is 0 Å². The summed E-state index contributed by atoms with van der Waals surface area (Å²) in [5.74, 6) is 0.0774. The summed E-state index contributed by atoms with van der Waals surface area (Å²) in [4.78, 5) is 24.8. The van der Waals surface area contributed by atoms with Gasteiger partial charge in [0.2, 0.25) is 0 Å². The molecular formula is C16H16BrClO2. The third-order valence-corrected chi connectivity index (χ3v) is 5.09. The SMILES string of the molecule is O=C(C1CC1)C(Cc1cc(Cl)ccc1Br)C(=O)C1CC1. The topological polar surface area (TPSA) is 34.1 Å². The maximum atomic E-state index is 12.4. The summed E-state index contributed by atoms with van der Waals surface area (Å²) >= 11 is 9.50. The average molecular weight is 356 g/mol. The Hall–Kier alpha value is -0.670. The molecule has 1 aromatic rings. The van der Waals surface area contributed by atoms with Gasteiger partial charge < -0.3 is 0 Å². The van der Waals surface area contributed by atoms with Crippen LogP contribution in [-0.4, -0.2) is 11.6 Å². The van der Waals surface area contributed by atoms with Crippen LogP contribution < -0.4 is 0 Å². The first-order valence-electron chi connectivity index (χ1n) is 7.07. The Bertz CT molecular complexity index is 538. The van der Waals surface area contributed by atoms with E-state index in [0.717, 1.165) is 35.7 Å². The minimum atomic E-state index is -0.468. The number of carbonyl (C=O) groups is 2. The van der Waals surface area contributed by atoms with E-state index >= 15 is 0 Å². The zero-order valence-electron chi connectivity index (χ0n) is 11.1. The predicted octanol–water partition coefficient (Wildman–Crippen LogP) is 4.22. The van der Waals surface area contributed by atoms with Gasteiger partial charge in [-0.1, -0.05) is 27.5 Å². The van der Waals surface area contributed by atoms with Gasteiger partial charge in [-0.05, 0) is 55.9 Å². The van der Waals surface area contributed by atoms with Gasteiger partial charge >= 0.3 is 0 Å². The predicted molar refractivity (Wildman–Crippen MR) is 81.8 cm³/mol. The molecular weight excluding hydrogens is 340 g/mol. The van der Waals surface area contributed by atoms with Crippen LogP contribution in [-0.2, 0) is 16.0 Å². The third-order valence-electron chi connectivity index (χ3n) is 4.08. The van der Waals surface area contributed by atoms with Gasteiger partial charge in [-0.15, -0.1) is 0 Å². The lowest BCUT2D eigenvalue weighted by atomic mass is 9.87. The molecule has 2 saturated carbocycles. The minimum absolute atomic E-state index is 0.126. The van der Waals surface area contributed by atoms with Crippen molar-refractivity contribution >= 4 is 39.1 Å². The Labute approximate surface area is 132 Å². The van der Waals surface area contributed by atoms with E-state index in [-0.39, 0.29) is 23.4 Å². The van der Waals surface area contributed by atoms with Crippen LogP contribution in [0, 0.1) is 17.8 Å². The Kier molecular flexibility index (Phi) is 4.00. The maximum absolute atomic E-state index is 12.4. The zero-order chi connectivity index (χ0) is 14.3. The van der Waals surface area contributed by atoms with Gasteiger partial charge in [0.1, 0.15) is 11.6 Å². The Balaban J connectivity index is 1.83. The molecule has 0 amide bonds. The van der Waals surface area contributed by atoms with Gasteiger partial charge in [0, 0.05) is 21.3 Å². The van der Waals surface area contributed by atoms with Crippen molar-refractivity contribution in [3.8, 4) is 0 Å². The summed E-state index contributed by atoms with van der Waals surface area (Å²) in [5, 5.41) is 0.639. The number of Topliss-reactive ketones (excluding diaryl/α,β-unsaturated/α-hetero) is 2. The molecule has 2 fully saturated rings. The first-order valence-corrected chi connectivity index (χ1v) is 8.24. The van der Waals surface area contributed by atoms with Crippen LogP contribution in [0.3, 0.4) is 0 Å². The van der Waals surface area contributed by atoms with E-state index in [2.05, 4.69) is 15.9 Å². The number of hydrogen-bond donors (Lipinski definition) is 0. The molecule has 20 heavy (non-hydrogen) atoms. The average Bonchev–Trinajstić information content (AvgIpc) is 3.30. The third kappa shape index (κ3) is 3.15. The van der Waals surface area contributed by atoms with E-state index in [4.69, 9.17) is 11.6 Å². The molecule has 1 aromatic carbocycles. The van der Waals surface area contributed by atoms with Gasteiger partial charge in [0.15, 0.2) is 0 Å². The second-order valence-electron chi connectivity index (χ2n) is 5.85. The first kappa shape index (κ1) is 14.3. The van der Waals surface area contributed by atoms with Crippen LogP contribution in [0.1, 0.15) is 31.2 Å². The standard InChI is InChI=1S/C16H16BrClO2/c17-14-6-5-12(18)7-11(14)8-13(15(19)9-1-2-9)16(20)10-3-4-10/h5-7,9-10,13H,1-4,8H2. The molecule has 0 saturated heterocycles. The number of benzene rings is 1. The summed E-state index contributed by atoms with van der Waals surface area (Å²) in [5.41, 5.74) is 0.950. The van der Waals surface area contributed by atoms with Gasteiger partial charge in [0.05, 0.1) is 5.92 Å². The van der Waals surface area contributed by atoms with E-state index in [0.29, 0.717) is 11.4 Å². The van der Waals surface area contributed by atoms with Crippen LogP contribution in [0.25, 0.3) is 0 Å². The Morgan fingerprint density at radius 1 is 1.15 bits per heavy atom. The van der Waals surface area contributed by atoms with E-state index in [1.807, 2.05) is 12.1 Å². The fraction of sp³-hybridized carbons (Fsp3) is 0.500. The lowest BCUT2D eigenvalue weighted by Gasteiger charge is -2.15. The van der Waals surface area contributed by atoms with E-state index in [1.54, 1.807) is 6.07 Å². The summed E-state index contributed by atoms with van der Waals surface area (Å²) in [6.45, 7) is 0. The van der Waals surface area contributed by atoms with E-state index in [9.17, 15) is 9.59 Å². The summed E-state index contributed by atoms with van der Waals surface area (Å²) in [7, 11) is 0. The largest absolute Gasteiger partial charge is 0.299 e. The Morgan fingerprint density at radius 3 is 2.20 bits per heavy atom. The van der Waals surface area contributed by atoms with Crippen molar-refractivity contribution in [1.29, 1.82) is 0 Å². The van der Waals surface area contributed by atoms with Crippen LogP contribution in [0.5, 0.6) is 0 Å². The number of hydrogen-bond acceptors (Lipinski definition) is 2. The molecule has 0 bridgehead atoms. The van der Waals surface area contributed by atoms with Crippen molar-refractivity contribution < 1.29 is 9.59 Å². The summed E-state index contributed by atoms with van der Waals surface area (Å²) < 4.78 is 0.916. The van der Waals surface area contributed by atoms with Gasteiger partial charge in [0.25, 0.3) is 0 Å². The van der Waals surface area contributed by atoms with Gasteiger partial charge in [-0.2, -0.15) is 0 Å². The summed E-state index contributed by atoms with van der Waals surface area (Å²) in [6.07, 6.45) is 4.27. The minimum Gasteiger partial charge on any atom is -0.299 e. The monoisotopic (exact) mass is 354 g/mol. The van der Waals surface area contributed by atoms with Gasteiger partial charge in [-0.3, -0.25) is 9.59 Å². The van der Waals surface area contributed by atoms with Crippen LogP contribution in [0.15, 0.2) is 22.7 Å². The maximum Gasteiger partial charge on any atom is 0.146 e. The fourth-order valence-electron chi connectivity index (χ4n) is 2.57. The zero-order valence-corrected chi connectivity index (χ0v) is 13.4. The molecule has 106 valence electrons. The number of rotatable bonds is 6. The van der Waals surface area contributed by atoms with Crippen molar-refractivity contribution in [2.45, 2.75) is 32.1 Å². The molecule has 0 spiro atoms. The Morgan fingerprint density at radius 2 is 1.70 bits per heavy atom. The molecule has 0 heterocycles. The lowest BCUT2D eigenvalue weighted by molar-refractivity contribution is -0.134. The highest BCUT2D eigenvalue weighted by atomic mass is 79.9. The van der Waals surface area contributed by atoms with E-state index in [1.165, 1.54) is 0 Å². The van der Waals surface area contributed by atoms with Crippen molar-refractivity contribution in [2.24, 2.45) is 17.8 Å². The van der Waals surface area contributed by atoms with Crippen LogP contribution >= 0.6 is 27.5 Å². The fourth-order valence-corrected chi connectivity index (χ4v) is 3.17. The lowest BCUT2D eigenvalue weighted by Crippen LogP contribution is -2.29. The summed E-state index contributed by atoms with van der Waals surface area (Å²) in [6, 6.07) is 5.52. The number of halogens is 2. The van der Waals surface area contributed by atoms with Crippen molar-refractivity contribution in [3.05, 3.63) is 33.3 Å². The van der Waals surface area contributed by atoms with E-state index < -0.39 is 5.92 Å². The molecule has 0 radical (unpaired) electrons. The molecule has 2 aliphatic carbocycles. The number of carbonyl (C=O) groups excluding carboxylic acids is 2. The van der Waals surface area contributed by atoms with Crippen molar-refractivity contribution in [2.75, 3.05) is 0 Å². The highest BCUT2D eigenvalue weighted by molar-refractivity contribution is 9.10. The van der Waals surface area contributed by atoms with Crippen LogP contribution in [0.2, 0.25) is 5.02 Å². The molecule has 0 N–H and O–H groups in total. The quantitative estimate of drug-likeness (QED) is 0.716. The molecule has 0 unspecified atom stereocenters. The molecule has 4 heteroatoms. The molecule has 2 aliphatic rings. The number of ketones is 2. The highest BCUT2D eigenvalue weighted by Gasteiger charge is 2.43. The molecule has 3 rings (SSSR count). The first-order chi connectivity index (χ1) is 9.56. The molecule has 0 aromatic heterocycles. The molecule has 0 atom stereocenters. The second kappa shape index (κ2) is 5.61. The molecule has 2 nitrogen and oxygen atoms in total. The van der Waals surface area contributed by atoms with Crippen LogP contribution in [0.4, 0.5) is 0 Å². The highest BCUT2D eigenvalue weighted by Crippen LogP contribution is 2.39. The normalized spacial score (nSPS) is 18.4. The smallest absolute Gasteiger partial charge is 0.146 e. The second-order valence-corrected chi connectivity index (χ2v) is 7.14.